The highest BCUT2D eigenvalue weighted by atomic mass is 14.4. The maximum atomic E-state index is 2.51. The summed E-state index contributed by atoms with van der Waals surface area (Å²) >= 11 is 0. The highest BCUT2D eigenvalue weighted by molar-refractivity contribution is 5.13. The molecule has 0 aromatic rings. The average molecular weight is 178 g/mol. The van der Waals surface area contributed by atoms with Crippen LogP contribution in [-0.4, -0.2) is 0 Å². The smallest absolute Gasteiger partial charge is 0.0257 e. The van der Waals surface area contributed by atoms with E-state index in [1.807, 2.05) is 0 Å². The summed E-state index contributed by atoms with van der Waals surface area (Å²) < 4.78 is 0. The molecule has 1 spiro atoms. The molecule has 0 nitrogen and oxygen atoms in total. The summed E-state index contributed by atoms with van der Waals surface area (Å²) in [5.41, 5.74) is 2.50. The van der Waals surface area contributed by atoms with E-state index < -0.39 is 0 Å². The van der Waals surface area contributed by atoms with Crippen molar-refractivity contribution in [1.29, 1.82) is 0 Å². The normalized spacial score (nSPS) is 26.8. The molecule has 0 atom stereocenters. The molecule has 2 aliphatic carbocycles. The Balaban J connectivity index is 2.07. The van der Waals surface area contributed by atoms with Crippen LogP contribution in [0.25, 0.3) is 0 Å². The SMILES string of the molecule is CC(C)C1=CCCC2(CCCC2)C1. The van der Waals surface area contributed by atoms with Gasteiger partial charge in [0, 0.05) is 0 Å². The largest absolute Gasteiger partial charge is 0.0850 e. The number of hydrogen-bond donors (Lipinski definition) is 0. The van der Waals surface area contributed by atoms with E-state index in [0.717, 1.165) is 11.3 Å². The summed E-state index contributed by atoms with van der Waals surface area (Å²) in [5, 5.41) is 0. The van der Waals surface area contributed by atoms with Gasteiger partial charge >= 0.3 is 0 Å². The molecule has 1 fully saturated rings. The van der Waals surface area contributed by atoms with Crippen molar-refractivity contribution in [3.8, 4) is 0 Å². The van der Waals surface area contributed by atoms with Crippen LogP contribution in [0, 0.1) is 11.3 Å². The van der Waals surface area contributed by atoms with Crippen molar-refractivity contribution in [2.75, 3.05) is 0 Å². The van der Waals surface area contributed by atoms with Crippen molar-refractivity contribution in [1.82, 2.24) is 0 Å². The van der Waals surface area contributed by atoms with Gasteiger partial charge in [-0.05, 0) is 43.4 Å². The zero-order chi connectivity index (χ0) is 9.31. The average Bonchev–Trinajstić information content (AvgIpc) is 2.53. The van der Waals surface area contributed by atoms with Crippen molar-refractivity contribution in [3.05, 3.63) is 11.6 Å². The molecule has 0 aliphatic heterocycles. The van der Waals surface area contributed by atoms with Gasteiger partial charge in [0.1, 0.15) is 0 Å². The maximum absolute atomic E-state index is 2.51. The molecule has 0 saturated heterocycles. The fourth-order valence-corrected chi connectivity index (χ4v) is 3.15. The summed E-state index contributed by atoms with van der Waals surface area (Å²) in [6.07, 6.45) is 12.8. The maximum Gasteiger partial charge on any atom is -0.0257 e. The van der Waals surface area contributed by atoms with Gasteiger partial charge in [0.2, 0.25) is 0 Å². The summed E-state index contributed by atoms with van der Waals surface area (Å²) in [6.45, 7) is 4.69. The van der Waals surface area contributed by atoms with Gasteiger partial charge in [-0.1, -0.05) is 38.3 Å². The first-order valence-electron chi connectivity index (χ1n) is 5.91. The van der Waals surface area contributed by atoms with Crippen LogP contribution in [0.15, 0.2) is 11.6 Å². The van der Waals surface area contributed by atoms with E-state index in [1.165, 1.54) is 44.9 Å². The van der Waals surface area contributed by atoms with Crippen molar-refractivity contribution >= 4 is 0 Å². The standard InChI is InChI=1S/C13H22/c1-11(2)12-6-5-9-13(10-12)7-3-4-8-13/h6,11H,3-5,7-10H2,1-2H3. The third kappa shape index (κ3) is 1.82. The van der Waals surface area contributed by atoms with Crippen LogP contribution in [0.3, 0.4) is 0 Å². The van der Waals surface area contributed by atoms with Crippen LogP contribution >= 0.6 is 0 Å². The first-order valence-corrected chi connectivity index (χ1v) is 5.91. The van der Waals surface area contributed by atoms with Crippen LogP contribution in [0.2, 0.25) is 0 Å². The Bertz CT molecular complexity index is 204. The molecule has 2 rings (SSSR count). The second-order valence-corrected chi connectivity index (χ2v) is 5.36. The molecule has 74 valence electrons. The van der Waals surface area contributed by atoms with Crippen LogP contribution in [0.4, 0.5) is 0 Å². The minimum absolute atomic E-state index is 0.758. The quantitative estimate of drug-likeness (QED) is 0.525. The second kappa shape index (κ2) is 3.48. The van der Waals surface area contributed by atoms with Gasteiger partial charge in [-0.15, -0.1) is 0 Å². The van der Waals surface area contributed by atoms with E-state index in [4.69, 9.17) is 0 Å². The minimum atomic E-state index is 0.758. The van der Waals surface area contributed by atoms with Crippen LogP contribution in [0.5, 0.6) is 0 Å². The molecule has 0 radical (unpaired) electrons. The Kier molecular flexibility index (Phi) is 2.49. The first-order chi connectivity index (χ1) is 6.22. The molecule has 0 heterocycles. The van der Waals surface area contributed by atoms with Gasteiger partial charge in [-0.2, -0.15) is 0 Å². The fourth-order valence-electron chi connectivity index (χ4n) is 3.15. The Hall–Kier alpha value is -0.260. The van der Waals surface area contributed by atoms with Gasteiger partial charge in [-0.25, -0.2) is 0 Å². The number of rotatable bonds is 1. The van der Waals surface area contributed by atoms with Gasteiger partial charge < -0.3 is 0 Å². The molecule has 0 aromatic heterocycles. The van der Waals surface area contributed by atoms with E-state index in [-0.39, 0.29) is 0 Å². The predicted octanol–water partition coefficient (Wildman–Crippen LogP) is 4.31. The molecule has 0 unspecified atom stereocenters. The van der Waals surface area contributed by atoms with E-state index >= 15 is 0 Å². The summed E-state index contributed by atoms with van der Waals surface area (Å²) in [7, 11) is 0. The van der Waals surface area contributed by atoms with E-state index in [9.17, 15) is 0 Å². The molecule has 1 saturated carbocycles. The topological polar surface area (TPSA) is 0 Å². The summed E-state index contributed by atoms with van der Waals surface area (Å²) in [6, 6.07) is 0. The van der Waals surface area contributed by atoms with E-state index in [0.29, 0.717) is 0 Å². The molecule has 13 heavy (non-hydrogen) atoms. The molecule has 0 aromatic carbocycles. The fraction of sp³-hybridized carbons (Fsp3) is 0.846. The monoisotopic (exact) mass is 178 g/mol. The van der Waals surface area contributed by atoms with Gasteiger partial charge in [-0.3, -0.25) is 0 Å². The third-order valence-corrected chi connectivity index (χ3v) is 4.07. The zero-order valence-electron chi connectivity index (χ0n) is 9.10. The van der Waals surface area contributed by atoms with Crippen molar-refractivity contribution in [2.45, 2.75) is 58.8 Å². The van der Waals surface area contributed by atoms with Gasteiger partial charge in [0.05, 0.1) is 0 Å². The lowest BCUT2D eigenvalue weighted by Gasteiger charge is -2.34. The molecule has 0 bridgehead atoms. The third-order valence-electron chi connectivity index (χ3n) is 4.07. The highest BCUT2D eigenvalue weighted by Crippen LogP contribution is 2.49. The first kappa shape index (κ1) is 9.30. The second-order valence-electron chi connectivity index (χ2n) is 5.36. The van der Waals surface area contributed by atoms with Crippen molar-refractivity contribution in [2.24, 2.45) is 11.3 Å². The number of allylic oxidation sites excluding steroid dienone is 2. The Morgan fingerprint density at radius 2 is 1.85 bits per heavy atom. The predicted molar refractivity (Wildman–Crippen MR) is 57.7 cm³/mol. The van der Waals surface area contributed by atoms with Gasteiger partial charge in [0.15, 0.2) is 0 Å². The van der Waals surface area contributed by atoms with Crippen molar-refractivity contribution < 1.29 is 0 Å². The Morgan fingerprint density at radius 3 is 2.46 bits per heavy atom. The highest BCUT2D eigenvalue weighted by Gasteiger charge is 2.35. The van der Waals surface area contributed by atoms with Crippen LogP contribution in [0.1, 0.15) is 58.8 Å². The Labute approximate surface area is 82.4 Å². The lowest BCUT2D eigenvalue weighted by Crippen LogP contribution is -2.21. The molecule has 0 heteroatoms. The zero-order valence-corrected chi connectivity index (χ0v) is 9.10. The molecular formula is C13H22. The molecule has 0 N–H and O–H groups in total. The summed E-state index contributed by atoms with van der Waals surface area (Å²) in [4.78, 5) is 0. The van der Waals surface area contributed by atoms with Crippen molar-refractivity contribution in [3.63, 3.8) is 0 Å². The minimum Gasteiger partial charge on any atom is -0.0850 e. The lowest BCUT2D eigenvalue weighted by atomic mass is 9.71. The number of hydrogen-bond acceptors (Lipinski definition) is 0. The van der Waals surface area contributed by atoms with Gasteiger partial charge in [0.25, 0.3) is 0 Å². The van der Waals surface area contributed by atoms with Crippen LogP contribution in [-0.2, 0) is 0 Å². The summed E-state index contributed by atoms with van der Waals surface area (Å²) in [5.74, 6) is 0.790. The lowest BCUT2D eigenvalue weighted by molar-refractivity contribution is 0.250. The molecule has 2 aliphatic rings. The molecule has 0 amide bonds. The van der Waals surface area contributed by atoms with E-state index in [1.54, 1.807) is 5.57 Å². The van der Waals surface area contributed by atoms with E-state index in [2.05, 4.69) is 19.9 Å². The van der Waals surface area contributed by atoms with Crippen LogP contribution < -0.4 is 0 Å². The Morgan fingerprint density at radius 1 is 1.15 bits per heavy atom. The molecular weight excluding hydrogens is 156 g/mol.